The quantitative estimate of drug-likeness (QED) is 0.721. The van der Waals surface area contributed by atoms with Crippen LogP contribution in [0, 0.1) is 0 Å². The molecule has 0 saturated heterocycles. The molecule has 1 N–H and O–H groups in total. The Kier molecular flexibility index (Phi) is 4.80. The van der Waals surface area contributed by atoms with Gasteiger partial charge < -0.3 is 10.1 Å². The summed E-state index contributed by atoms with van der Waals surface area (Å²) in [6.45, 7) is 4.02. The number of carbonyl (C=O) groups is 1. The molecule has 0 fully saturated rings. The zero-order chi connectivity index (χ0) is 17.1. The average Bonchev–Trinajstić information content (AvgIpc) is 2.96. The van der Waals surface area contributed by atoms with Crippen LogP contribution in [0.3, 0.4) is 0 Å². The minimum atomic E-state index is -0.243. The Hall–Kier alpha value is -2.41. The molecule has 24 heavy (non-hydrogen) atoms. The number of nitrogens with one attached hydrogen (secondary N) is 1. The summed E-state index contributed by atoms with van der Waals surface area (Å²) in [6.07, 6.45) is 3.37. The summed E-state index contributed by atoms with van der Waals surface area (Å²) in [7, 11) is 0. The van der Waals surface area contributed by atoms with Gasteiger partial charge in [-0.3, -0.25) is 4.79 Å². The maximum atomic E-state index is 12.0. The molecule has 0 aliphatic carbocycles. The highest BCUT2D eigenvalue weighted by Gasteiger charge is 2.09. The molecule has 2 aromatic heterocycles. The summed E-state index contributed by atoms with van der Waals surface area (Å²) in [5.74, 6) is 0.388. The number of fused-ring (bicyclic) bond motifs is 1. The number of rotatable bonds is 5. The number of hydrogen-bond donors (Lipinski definition) is 1. The van der Waals surface area contributed by atoms with Crippen LogP contribution in [0.5, 0.6) is 5.75 Å². The summed E-state index contributed by atoms with van der Waals surface area (Å²) in [5, 5.41) is 7.98. The third kappa shape index (κ3) is 3.73. The van der Waals surface area contributed by atoms with Gasteiger partial charge in [0.2, 0.25) is 0 Å². The molecule has 0 radical (unpaired) electrons. The van der Waals surface area contributed by atoms with Crippen LogP contribution in [0.25, 0.3) is 11.0 Å². The Bertz CT molecular complexity index is 876. The van der Waals surface area contributed by atoms with Gasteiger partial charge in [0.25, 0.3) is 5.91 Å². The Labute approximate surface area is 148 Å². The number of benzene rings is 1. The smallest absolute Gasteiger partial charge is 0.262 e. The molecule has 0 atom stereocenters. The summed E-state index contributed by atoms with van der Waals surface area (Å²) >= 11 is 3.36. The van der Waals surface area contributed by atoms with Gasteiger partial charge in [-0.05, 0) is 38.1 Å². The van der Waals surface area contributed by atoms with Gasteiger partial charge >= 0.3 is 0 Å². The number of aromatic nitrogens is 3. The molecule has 1 aromatic carbocycles. The summed E-state index contributed by atoms with van der Waals surface area (Å²) in [5.41, 5.74) is 1.42. The maximum Gasteiger partial charge on any atom is 0.262 e. The van der Waals surface area contributed by atoms with Crippen LogP contribution >= 0.6 is 15.9 Å². The van der Waals surface area contributed by atoms with Gasteiger partial charge in [-0.25, -0.2) is 9.67 Å². The van der Waals surface area contributed by atoms with Crippen molar-refractivity contribution in [2.45, 2.75) is 19.9 Å². The van der Waals surface area contributed by atoms with Gasteiger partial charge in [0, 0.05) is 15.9 Å². The zero-order valence-electron chi connectivity index (χ0n) is 13.4. The number of amides is 1. The standard InChI is InChI=1S/C17H17BrN4O2/c1-11(2)22-17-12(8-20-22)6-14(9-19-17)21-16(23)10-24-15-5-3-4-13(18)7-15/h3-9,11H,10H2,1-2H3,(H,21,23). The van der Waals surface area contributed by atoms with Crippen molar-refractivity contribution < 1.29 is 9.53 Å². The molecule has 1 amide bonds. The first kappa shape index (κ1) is 16.4. The fourth-order valence-corrected chi connectivity index (χ4v) is 2.67. The molecule has 124 valence electrons. The summed E-state index contributed by atoms with van der Waals surface area (Å²) < 4.78 is 8.21. The van der Waals surface area contributed by atoms with Crippen LogP contribution in [-0.4, -0.2) is 27.3 Å². The van der Waals surface area contributed by atoms with Crippen LogP contribution in [-0.2, 0) is 4.79 Å². The lowest BCUT2D eigenvalue weighted by molar-refractivity contribution is -0.118. The maximum absolute atomic E-state index is 12.0. The van der Waals surface area contributed by atoms with E-state index in [2.05, 4.69) is 31.3 Å². The average molecular weight is 389 g/mol. The van der Waals surface area contributed by atoms with Crippen LogP contribution in [0.15, 0.2) is 47.2 Å². The number of nitrogens with zero attached hydrogens (tertiary/aromatic N) is 3. The van der Waals surface area contributed by atoms with Crippen LogP contribution in [0.2, 0.25) is 0 Å². The van der Waals surface area contributed by atoms with Crippen LogP contribution < -0.4 is 10.1 Å². The van der Waals surface area contributed by atoms with E-state index in [4.69, 9.17) is 4.74 Å². The van der Waals surface area contributed by atoms with Crippen LogP contribution in [0.4, 0.5) is 5.69 Å². The predicted octanol–water partition coefficient (Wildman–Crippen LogP) is 3.79. The van der Waals surface area contributed by atoms with Gasteiger partial charge in [-0.1, -0.05) is 22.0 Å². The molecule has 3 aromatic rings. The normalized spacial score (nSPS) is 11.0. The van der Waals surface area contributed by atoms with Crippen molar-refractivity contribution in [2.75, 3.05) is 11.9 Å². The molecule has 2 heterocycles. The van der Waals surface area contributed by atoms with Crippen molar-refractivity contribution in [1.82, 2.24) is 14.8 Å². The minimum absolute atomic E-state index is 0.0697. The highest BCUT2D eigenvalue weighted by Crippen LogP contribution is 2.20. The first-order valence-electron chi connectivity index (χ1n) is 7.54. The van der Waals surface area contributed by atoms with Crippen molar-refractivity contribution in [3.8, 4) is 5.75 Å². The number of carbonyl (C=O) groups excluding carboxylic acids is 1. The van der Waals surface area contributed by atoms with Crippen molar-refractivity contribution in [3.05, 3.63) is 47.2 Å². The van der Waals surface area contributed by atoms with E-state index >= 15 is 0 Å². The summed E-state index contributed by atoms with van der Waals surface area (Å²) in [6, 6.07) is 9.43. The monoisotopic (exact) mass is 388 g/mol. The number of pyridine rings is 1. The van der Waals surface area contributed by atoms with E-state index in [1.165, 1.54) is 0 Å². The molecule has 0 saturated carbocycles. The molecule has 0 unspecified atom stereocenters. The van der Waals surface area contributed by atoms with Crippen molar-refractivity contribution in [1.29, 1.82) is 0 Å². The topological polar surface area (TPSA) is 69.0 Å². The Morgan fingerprint density at radius 2 is 2.17 bits per heavy atom. The highest BCUT2D eigenvalue weighted by atomic mass is 79.9. The molecular weight excluding hydrogens is 372 g/mol. The number of ether oxygens (including phenoxy) is 1. The number of hydrogen-bond acceptors (Lipinski definition) is 4. The second-order valence-corrected chi connectivity index (χ2v) is 6.53. The van der Waals surface area contributed by atoms with E-state index in [1.807, 2.05) is 36.7 Å². The van der Waals surface area contributed by atoms with Crippen molar-refractivity contribution >= 4 is 38.6 Å². The van der Waals surface area contributed by atoms with Crippen molar-refractivity contribution in [2.24, 2.45) is 0 Å². The van der Waals surface area contributed by atoms with Gasteiger partial charge in [0.1, 0.15) is 5.75 Å². The number of anilines is 1. The van der Waals surface area contributed by atoms with E-state index in [9.17, 15) is 4.79 Å². The molecule has 6 nitrogen and oxygen atoms in total. The Morgan fingerprint density at radius 3 is 2.92 bits per heavy atom. The third-order valence-corrected chi connectivity index (χ3v) is 3.87. The van der Waals surface area contributed by atoms with Gasteiger partial charge in [0.15, 0.2) is 12.3 Å². The van der Waals surface area contributed by atoms with Crippen molar-refractivity contribution in [3.63, 3.8) is 0 Å². The van der Waals surface area contributed by atoms with Gasteiger partial charge in [0.05, 0.1) is 18.1 Å². The van der Waals surface area contributed by atoms with E-state index in [0.717, 1.165) is 15.5 Å². The van der Waals surface area contributed by atoms with E-state index in [-0.39, 0.29) is 18.6 Å². The third-order valence-electron chi connectivity index (χ3n) is 3.37. The van der Waals surface area contributed by atoms with E-state index < -0.39 is 0 Å². The van der Waals surface area contributed by atoms with Gasteiger partial charge in [-0.2, -0.15) is 5.10 Å². The Balaban J connectivity index is 1.65. The first-order chi connectivity index (χ1) is 11.5. The second-order valence-electron chi connectivity index (χ2n) is 5.61. The fourth-order valence-electron chi connectivity index (χ4n) is 2.29. The van der Waals surface area contributed by atoms with E-state index in [1.54, 1.807) is 24.5 Å². The second kappa shape index (κ2) is 7.00. The van der Waals surface area contributed by atoms with Crippen LogP contribution in [0.1, 0.15) is 19.9 Å². The lowest BCUT2D eigenvalue weighted by atomic mass is 10.3. The molecule has 3 rings (SSSR count). The molecule has 0 spiro atoms. The molecule has 0 aliphatic rings. The molecule has 7 heteroatoms. The molecule has 0 aliphatic heterocycles. The number of halogens is 1. The van der Waals surface area contributed by atoms with E-state index in [0.29, 0.717) is 11.4 Å². The zero-order valence-corrected chi connectivity index (χ0v) is 14.9. The molecule has 0 bridgehead atoms. The highest BCUT2D eigenvalue weighted by molar-refractivity contribution is 9.10. The van der Waals surface area contributed by atoms with Gasteiger partial charge in [-0.15, -0.1) is 0 Å². The predicted molar refractivity (Wildman–Crippen MR) is 96.2 cm³/mol. The minimum Gasteiger partial charge on any atom is -0.484 e. The summed E-state index contributed by atoms with van der Waals surface area (Å²) in [4.78, 5) is 16.4. The SMILES string of the molecule is CC(C)n1ncc2cc(NC(=O)COc3cccc(Br)c3)cnc21. The first-order valence-corrected chi connectivity index (χ1v) is 8.34. The largest absolute Gasteiger partial charge is 0.484 e. The molecular formula is C17H17BrN4O2. The fraction of sp³-hybridized carbons (Fsp3) is 0.235. The lowest BCUT2D eigenvalue weighted by Gasteiger charge is -2.09. The Morgan fingerprint density at radius 1 is 1.33 bits per heavy atom. The lowest BCUT2D eigenvalue weighted by Crippen LogP contribution is -2.20.